The Morgan fingerprint density at radius 1 is 1.05 bits per heavy atom. The number of aromatic carboxylic acids is 1. The number of aliphatic imine (C=N–C) groups is 1. The maximum absolute atomic E-state index is 13.8. The van der Waals surface area contributed by atoms with E-state index in [2.05, 4.69) is 57.7 Å². The molecule has 0 atom stereocenters. The van der Waals surface area contributed by atoms with E-state index in [0.717, 1.165) is 28.9 Å². The molecule has 1 saturated heterocycles. The van der Waals surface area contributed by atoms with E-state index in [1.54, 1.807) is 29.2 Å². The van der Waals surface area contributed by atoms with Crippen molar-refractivity contribution in [2.75, 3.05) is 11.4 Å². The zero-order chi connectivity index (χ0) is 28.6. The number of para-hydroxylation sites is 1. The molecule has 3 aromatic carbocycles. The average Bonchev–Trinajstić information content (AvgIpc) is 3.19. The Balaban J connectivity index is 1.53. The van der Waals surface area contributed by atoms with Gasteiger partial charge in [-0.05, 0) is 111 Å². The molecule has 2 aliphatic rings. The summed E-state index contributed by atoms with van der Waals surface area (Å²) in [5.74, 6) is -1.10. The SMILES string of the molecule is CCN1c2cc(C)c(/C=C3/SC(=Nc4ccccc4)N(Cc4ccc(C(=O)O)cc4)C3=O)cc2C(C)=CC1(C)C. The van der Waals surface area contributed by atoms with Crippen molar-refractivity contribution >= 4 is 51.8 Å². The Kier molecular flexibility index (Phi) is 7.43. The first kappa shape index (κ1) is 27.5. The summed E-state index contributed by atoms with van der Waals surface area (Å²) in [5, 5.41) is 9.84. The number of anilines is 1. The van der Waals surface area contributed by atoms with Crippen LogP contribution in [-0.2, 0) is 11.3 Å². The number of allylic oxidation sites excluding steroid dienone is 1. The summed E-state index contributed by atoms with van der Waals surface area (Å²) in [6.45, 7) is 12.1. The lowest BCUT2D eigenvalue weighted by molar-refractivity contribution is -0.122. The Morgan fingerprint density at radius 2 is 1.75 bits per heavy atom. The van der Waals surface area contributed by atoms with Crippen molar-refractivity contribution in [1.29, 1.82) is 0 Å². The van der Waals surface area contributed by atoms with Gasteiger partial charge in [0.05, 0.1) is 28.2 Å². The number of thioether (sulfide) groups is 1. The standard InChI is InChI=1S/C33H33N3O3S/c1-6-36-28-16-21(2)25(17-27(28)22(3)19-33(36,4)5)18-29-30(37)35(20-23-12-14-24(15-13-23)31(38)39)32(40-29)34-26-10-8-7-9-11-26/h7-19H,6,20H2,1-5H3,(H,38,39)/b29-18+,34-32?. The topological polar surface area (TPSA) is 73.2 Å². The van der Waals surface area contributed by atoms with E-state index in [9.17, 15) is 14.7 Å². The van der Waals surface area contributed by atoms with E-state index in [4.69, 9.17) is 4.99 Å². The van der Waals surface area contributed by atoms with Crippen LogP contribution in [0.5, 0.6) is 0 Å². The van der Waals surface area contributed by atoms with E-state index in [0.29, 0.717) is 16.6 Å². The molecule has 204 valence electrons. The number of nitrogens with zero attached hydrogens (tertiary/aromatic N) is 3. The Labute approximate surface area is 239 Å². The molecule has 6 nitrogen and oxygen atoms in total. The predicted octanol–water partition coefficient (Wildman–Crippen LogP) is 7.52. The maximum Gasteiger partial charge on any atom is 0.335 e. The summed E-state index contributed by atoms with van der Waals surface area (Å²) in [6.07, 6.45) is 4.28. The van der Waals surface area contributed by atoms with Crippen molar-refractivity contribution in [2.24, 2.45) is 4.99 Å². The number of likely N-dealkylation sites (N-methyl/N-ethyl adjacent to an activating group) is 1. The normalized spacial score (nSPS) is 18.3. The van der Waals surface area contributed by atoms with Gasteiger partial charge >= 0.3 is 5.97 Å². The highest BCUT2D eigenvalue weighted by atomic mass is 32.2. The molecule has 0 bridgehead atoms. The largest absolute Gasteiger partial charge is 0.478 e. The van der Waals surface area contributed by atoms with Crippen LogP contribution in [0.15, 0.2) is 82.7 Å². The van der Waals surface area contributed by atoms with Crippen LogP contribution in [0.4, 0.5) is 11.4 Å². The van der Waals surface area contributed by atoms with Crippen molar-refractivity contribution < 1.29 is 14.7 Å². The van der Waals surface area contributed by atoms with Gasteiger partial charge in [0.1, 0.15) is 0 Å². The Hall–Kier alpha value is -4.10. The number of carboxylic acids is 1. The van der Waals surface area contributed by atoms with Gasteiger partial charge in [0.25, 0.3) is 5.91 Å². The highest BCUT2D eigenvalue weighted by Crippen LogP contribution is 2.42. The minimum Gasteiger partial charge on any atom is -0.478 e. The molecule has 7 heteroatoms. The fraction of sp³-hybridized carbons (Fsp3) is 0.242. The summed E-state index contributed by atoms with van der Waals surface area (Å²) < 4.78 is 0. The molecule has 2 heterocycles. The van der Waals surface area contributed by atoms with Crippen molar-refractivity contribution in [3.63, 3.8) is 0 Å². The van der Waals surface area contributed by atoms with Crippen LogP contribution < -0.4 is 4.90 Å². The maximum atomic E-state index is 13.8. The van der Waals surface area contributed by atoms with Gasteiger partial charge in [-0.25, -0.2) is 9.79 Å². The molecule has 1 fully saturated rings. The second-order valence-electron chi connectivity index (χ2n) is 10.7. The fourth-order valence-corrected chi connectivity index (χ4v) is 6.39. The highest BCUT2D eigenvalue weighted by molar-refractivity contribution is 8.18. The van der Waals surface area contributed by atoms with E-state index in [1.807, 2.05) is 36.4 Å². The third kappa shape index (κ3) is 5.34. The minimum atomic E-state index is -0.980. The number of hydrogen-bond acceptors (Lipinski definition) is 5. The molecular formula is C33H33N3O3S. The number of benzene rings is 3. The summed E-state index contributed by atoms with van der Waals surface area (Å²) in [5.41, 5.74) is 7.47. The van der Waals surface area contributed by atoms with Crippen molar-refractivity contribution in [2.45, 2.75) is 46.7 Å². The third-order valence-electron chi connectivity index (χ3n) is 7.38. The zero-order valence-electron chi connectivity index (χ0n) is 23.4. The fourth-order valence-electron chi connectivity index (χ4n) is 5.40. The van der Waals surface area contributed by atoms with Gasteiger partial charge in [0.15, 0.2) is 5.17 Å². The van der Waals surface area contributed by atoms with E-state index in [1.165, 1.54) is 28.6 Å². The molecule has 0 radical (unpaired) electrons. The number of aryl methyl sites for hydroxylation is 1. The summed E-state index contributed by atoms with van der Waals surface area (Å²) in [4.78, 5) is 34.5. The molecule has 0 unspecified atom stereocenters. The summed E-state index contributed by atoms with van der Waals surface area (Å²) in [6, 6.07) is 20.6. The van der Waals surface area contributed by atoms with Gasteiger partial charge in [-0.15, -0.1) is 0 Å². The molecule has 0 spiro atoms. The van der Waals surface area contributed by atoms with Gasteiger partial charge in [-0.1, -0.05) is 36.4 Å². The second-order valence-corrected chi connectivity index (χ2v) is 11.7. The third-order valence-corrected chi connectivity index (χ3v) is 8.39. The van der Waals surface area contributed by atoms with E-state index < -0.39 is 5.97 Å². The lowest BCUT2D eigenvalue weighted by Gasteiger charge is -2.43. The summed E-state index contributed by atoms with van der Waals surface area (Å²) >= 11 is 1.36. The predicted molar refractivity (Wildman–Crippen MR) is 165 cm³/mol. The first-order chi connectivity index (χ1) is 19.1. The molecule has 5 rings (SSSR count). The molecule has 0 aliphatic carbocycles. The number of carbonyl (C=O) groups excluding carboxylic acids is 1. The first-order valence-electron chi connectivity index (χ1n) is 13.4. The zero-order valence-corrected chi connectivity index (χ0v) is 24.2. The second kappa shape index (κ2) is 10.8. The van der Waals surface area contributed by atoms with E-state index in [-0.39, 0.29) is 17.0 Å². The number of carboxylic acid groups (broad SMARTS) is 1. The van der Waals surface area contributed by atoms with Crippen LogP contribution in [-0.4, -0.2) is 39.1 Å². The summed E-state index contributed by atoms with van der Waals surface area (Å²) in [7, 11) is 0. The molecule has 1 amide bonds. The molecule has 0 saturated carbocycles. The Bertz CT molecular complexity index is 1570. The van der Waals surface area contributed by atoms with Gasteiger partial charge in [0, 0.05) is 17.8 Å². The van der Waals surface area contributed by atoms with Gasteiger partial charge in [-0.3, -0.25) is 9.69 Å². The molecule has 40 heavy (non-hydrogen) atoms. The molecule has 2 aliphatic heterocycles. The van der Waals surface area contributed by atoms with Crippen LogP contribution in [0, 0.1) is 6.92 Å². The van der Waals surface area contributed by atoms with Gasteiger partial charge < -0.3 is 10.0 Å². The lowest BCUT2D eigenvalue weighted by Crippen LogP contribution is -2.44. The van der Waals surface area contributed by atoms with Gasteiger partial charge in [0.2, 0.25) is 0 Å². The molecule has 0 aromatic heterocycles. The quantitative estimate of drug-likeness (QED) is 0.321. The van der Waals surface area contributed by atoms with Gasteiger partial charge in [-0.2, -0.15) is 0 Å². The van der Waals surface area contributed by atoms with Crippen molar-refractivity contribution in [3.05, 3.63) is 106 Å². The smallest absolute Gasteiger partial charge is 0.335 e. The van der Waals surface area contributed by atoms with Crippen molar-refractivity contribution in [1.82, 2.24) is 4.90 Å². The first-order valence-corrected chi connectivity index (χ1v) is 14.2. The van der Waals surface area contributed by atoms with Crippen LogP contribution in [0.3, 0.4) is 0 Å². The average molecular weight is 552 g/mol. The van der Waals surface area contributed by atoms with Crippen LogP contribution >= 0.6 is 11.8 Å². The van der Waals surface area contributed by atoms with Crippen LogP contribution in [0.25, 0.3) is 11.6 Å². The Morgan fingerprint density at radius 3 is 2.40 bits per heavy atom. The molecular weight excluding hydrogens is 518 g/mol. The number of carbonyl (C=O) groups is 2. The van der Waals surface area contributed by atoms with Crippen LogP contribution in [0.2, 0.25) is 0 Å². The minimum absolute atomic E-state index is 0.0680. The number of amides is 1. The number of rotatable bonds is 6. The lowest BCUT2D eigenvalue weighted by atomic mass is 9.87. The number of amidine groups is 1. The number of fused-ring (bicyclic) bond motifs is 1. The number of hydrogen-bond donors (Lipinski definition) is 1. The van der Waals surface area contributed by atoms with E-state index >= 15 is 0 Å². The monoisotopic (exact) mass is 551 g/mol. The molecule has 1 N–H and O–H groups in total. The van der Waals surface area contributed by atoms with Crippen molar-refractivity contribution in [3.8, 4) is 0 Å². The highest BCUT2D eigenvalue weighted by Gasteiger charge is 2.34. The van der Waals surface area contributed by atoms with Crippen LogP contribution in [0.1, 0.15) is 60.3 Å². The molecule has 3 aromatic rings.